The Kier molecular flexibility index (Phi) is 6.80. The Morgan fingerprint density at radius 3 is 2.45 bits per heavy atom. The van der Waals surface area contributed by atoms with E-state index >= 15 is 0 Å². The summed E-state index contributed by atoms with van der Waals surface area (Å²) in [5.41, 5.74) is 1.26. The fourth-order valence-electron chi connectivity index (χ4n) is 3.52. The molecule has 168 valence electrons. The maximum absolute atomic E-state index is 13.3. The summed E-state index contributed by atoms with van der Waals surface area (Å²) in [6.45, 7) is 3.17. The monoisotopic (exact) mass is 539 g/mol. The van der Waals surface area contributed by atoms with Crippen LogP contribution < -0.4 is 15.0 Å². The van der Waals surface area contributed by atoms with Gasteiger partial charge in [0.15, 0.2) is 5.75 Å². The first-order chi connectivity index (χ1) is 14.2. The van der Waals surface area contributed by atoms with Crippen molar-refractivity contribution in [3.05, 3.63) is 53.1 Å². The summed E-state index contributed by atoms with van der Waals surface area (Å²) in [6, 6.07) is 10.4. The molecule has 0 saturated carbocycles. The number of anilines is 1. The highest BCUT2D eigenvalue weighted by atomic mass is 79.9. The third-order valence-electron chi connectivity index (χ3n) is 4.80. The first-order valence-corrected chi connectivity index (χ1v) is 11.3. The molecule has 0 unspecified atom stereocenters. The first kappa shape index (κ1) is 23.7. The summed E-state index contributed by atoms with van der Waals surface area (Å²) in [5, 5.41) is 3.97. The van der Waals surface area contributed by atoms with Crippen LogP contribution in [-0.4, -0.2) is 44.9 Å². The van der Waals surface area contributed by atoms with Crippen LogP contribution >= 0.6 is 28.3 Å². The van der Waals surface area contributed by atoms with Gasteiger partial charge in [-0.05, 0) is 36.4 Å². The van der Waals surface area contributed by atoms with Gasteiger partial charge in [-0.1, -0.05) is 22.0 Å². The zero-order valence-electron chi connectivity index (χ0n) is 15.9. The van der Waals surface area contributed by atoms with Crippen molar-refractivity contribution in [2.45, 2.75) is 11.3 Å². The molecule has 0 atom stereocenters. The molecule has 1 aromatic heterocycles. The van der Waals surface area contributed by atoms with Crippen molar-refractivity contribution in [1.82, 2.24) is 9.29 Å². The second-order valence-corrected chi connectivity index (χ2v) is 9.40. The number of benzene rings is 2. The van der Waals surface area contributed by atoms with Crippen LogP contribution in [0.4, 0.5) is 18.9 Å². The number of aromatic nitrogens is 1. The number of ether oxygens (including phenoxy) is 1. The van der Waals surface area contributed by atoms with Crippen LogP contribution in [0.1, 0.15) is 0 Å². The number of piperazine rings is 1. The summed E-state index contributed by atoms with van der Waals surface area (Å²) < 4.78 is 70.4. The first-order valence-electron chi connectivity index (χ1n) is 9.03. The lowest BCUT2D eigenvalue weighted by atomic mass is 10.2. The summed E-state index contributed by atoms with van der Waals surface area (Å²) in [4.78, 5) is 1.57. The Morgan fingerprint density at radius 1 is 1.06 bits per heavy atom. The molecule has 0 bridgehead atoms. The number of rotatable bonds is 4. The minimum absolute atomic E-state index is 0. The standard InChI is InChI=1S/C19H17BrF3N3O3S.ClH/c20-13-4-5-18(17(12-13)29-19(21,22)23)30(27,28)26-9-6-14-15(2-1-3-16(14)26)25-10-7-24-8-11-25;/h1-6,9,12,24H,7-8,10-11H2;1H. The molecule has 0 radical (unpaired) electrons. The van der Waals surface area contributed by atoms with Crippen LogP contribution in [0.2, 0.25) is 0 Å². The van der Waals surface area contributed by atoms with E-state index in [0.29, 0.717) is 10.9 Å². The van der Waals surface area contributed by atoms with Crippen molar-refractivity contribution in [2.75, 3.05) is 31.1 Å². The zero-order chi connectivity index (χ0) is 21.5. The van der Waals surface area contributed by atoms with Crippen LogP contribution in [0.15, 0.2) is 58.0 Å². The van der Waals surface area contributed by atoms with Crippen LogP contribution in [0.3, 0.4) is 0 Å². The minimum atomic E-state index is -5.03. The van der Waals surface area contributed by atoms with Crippen LogP contribution in [0.25, 0.3) is 10.9 Å². The summed E-state index contributed by atoms with van der Waals surface area (Å²) in [7, 11) is -4.35. The van der Waals surface area contributed by atoms with Crippen molar-refractivity contribution in [1.29, 1.82) is 0 Å². The van der Waals surface area contributed by atoms with Crippen molar-refractivity contribution >= 4 is 55.0 Å². The molecule has 1 aliphatic rings. The number of alkyl halides is 3. The SMILES string of the molecule is Cl.O=S(=O)(c1ccc(Br)cc1OC(F)(F)F)n1ccc2c(N3CCNCC3)cccc21. The normalized spacial score (nSPS) is 15.0. The number of fused-ring (bicyclic) bond motifs is 1. The molecule has 0 aliphatic carbocycles. The van der Waals surface area contributed by atoms with E-state index in [2.05, 4.69) is 30.9 Å². The zero-order valence-corrected chi connectivity index (χ0v) is 19.1. The largest absolute Gasteiger partial charge is 0.573 e. The second kappa shape index (κ2) is 8.89. The Labute approximate surface area is 191 Å². The molecule has 1 saturated heterocycles. The molecule has 4 rings (SSSR count). The van der Waals surface area contributed by atoms with E-state index in [9.17, 15) is 21.6 Å². The van der Waals surface area contributed by atoms with E-state index in [1.807, 2.05) is 6.07 Å². The molecule has 12 heteroatoms. The van der Waals surface area contributed by atoms with E-state index in [1.165, 1.54) is 12.3 Å². The van der Waals surface area contributed by atoms with E-state index < -0.39 is 27.0 Å². The van der Waals surface area contributed by atoms with E-state index in [0.717, 1.165) is 48.0 Å². The molecule has 0 spiro atoms. The van der Waals surface area contributed by atoms with Gasteiger partial charge in [-0.15, -0.1) is 25.6 Å². The van der Waals surface area contributed by atoms with Gasteiger partial charge in [-0.25, -0.2) is 12.4 Å². The fourth-order valence-corrected chi connectivity index (χ4v) is 5.31. The molecule has 1 N–H and O–H groups in total. The van der Waals surface area contributed by atoms with Crippen molar-refractivity contribution in [2.24, 2.45) is 0 Å². The average Bonchev–Trinajstić information content (AvgIpc) is 3.12. The van der Waals surface area contributed by atoms with Crippen molar-refractivity contribution in [3.8, 4) is 5.75 Å². The molecular weight excluding hydrogens is 523 g/mol. The maximum Gasteiger partial charge on any atom is 0.573 e. The van der Waals surface area contributed by atoms with Gasteiger partial charge in [0, 0.05) is 47.9 Å². The Hall–Kier alpha value is -1.95. The predicted octanol–water partition coefficient (Wildman–Crippen LogP) is 4.37. The van der Waals surface area contributed by atoms with Gasteiger partial charge in [0.05, 0.1) is 5.52 Å². The number of hydrogen-bond donors (Lipinski definition) is 1. The summed E-state index contributed by atoms with van der Waals surface area (Å²) in [6.07, 6.45) is -3.68. The van der Waals surface area contributed by atoms with Gasteiger partial charge < -0.3 is 15.0 Å². The Bertz CT molecular complexity index is 1200. The summed E-state index contributed by atoms with van der Waals surface area (Å²) >= 11 is 3.05. The van der Waals surface area contributed by atoms with Crippen LogP contribution in [0, 0.1) is 0 Å². The molecule has 6 nitrogen and oxygen atoms in total. The Balaban J connectivity index is 0.00000272. The number of nitrogens with zero attached hydrogens (tertiary/aromatic N) is 2. The molecule has 2 heterocycles. The lowest BCUT2D eigenvalue weighted by Crippen LogP contribution is -2.43. The van der Waals surface area contributed by atoms with E-state index in [-0.39, 0.29) is 16.9 Å². The molecule has 3 aromatic rings. The number of hydrogen-bond acceptors (Lipinski definition) is 5. The van der Waals surface area contributed by atoms with Crippen LogP contribution in [0.5, 0.6) is 5.75 Å². The molecule has 0 amide bonds. The van der Waals surface area contributed by atoms with E-state index in [4.69, 9.17) is 0 Å². The highest BCUT2D eigenvalue weighted by Crippen LogP contribution is 2.36. The number of halogens is 5. The lowest BCUT2D eigenvalue weighted by Gasteiger charge is -2.30. The molecule has 31 heavy (non-hydrogen) atoms. The van der Waals surface area contributed by atoms with Gasteiger partial charge in [0.2, 0.25) is 0 Å². The van der Waals surface area contributed by atoms with Gasteiger partial charge in [-0.2, -0.15) is 0 Å². The quantitative estimate of drug-likeness (QED) is 0.533. The van der Waals surface area contributed by atoms with E-state index in [1.54, 1.807) is 18.2 Å². The predicted molar refractivity (Wildman–Crippen MR) is 118 cm³/mol. The Morgan fingerprint density at radius 2 is 1.77 bits per heavy atom. The average molecular weight is 541 g/mol. The fraction of sp³-hybridized carbons (Fsp3) is 0.263. The number of nitrogens with one attached hydrogen (secondary N) is 1. The van der Waals surface area contributed by atoms with Gasteiger partial charge in [0.25, 0.3) is 10.0 Å². The third kappa shape index (κ3) is 4.79. The van der Waals surface area contributed by atoms with Gasteiger partial charge in [0.1, 0.15) is 4.90 Å². The lowest BCUT2D eigenvalue weighted by molar-refractivity contribution is -0.275. The molecular formula is C19H18BrClF3N3O3S. The second-order valence-electron chi connectivity index (χ2n) is 6.70. The van der Waals surface area contributed by atoms with Gasteiger partial charge >= 0.3 is 6.36 Å². The molecule has 2 aromatic carbocycles. The van der Waals surface area contributed by atoms with Gasteiger partial charge in [-0.3, -0.25) is 0 Å². The highest BCUT2D eigenvalue weighted by Gasteiger charge is 2.35. The smallest absolute Gasteiger partial charge is 0.404 e. The molecule has 1 aliphatic heterocycles. The molecule has 1 fully saturated rings. The topological polar surface area (TPSA) is 63.6 Å². The third-order valence-corrected chi connectivity index (χ3v) is 7.02. The van der Waals surface area contributed by atoms with Crippen molar-refractivity contribution < 1.29 is 26.3 Å². The highest BCUT2D eigenvalue weighted by molar-refractivity contribution is 9.10. The maximum atomic E-state index is 13.3. The van der Waals surface area contributed by atoms with Crippen molar-refractivity contribution in [3.63, 3.8) is 0 Å². The minimum Gasteiger partial charge on any atom is -0.404 e. The van der Waals surface area contributed by atoms with Crippen LogP contribution in [-0.2, 0) is 10.0 Å². The summed E-state index contributed by atoms with van der Waals surface area (Å²) in [5.74, 6) is -0.794.